The lowest BCUT2D eigenvalue weighted by atomic mass is 10.2. The van der Waals surface area contributed by atoms with Gasteiger partial charge in [-0.1, -0.05) is 41.9 Å². The summed E-state index contributed by atoms with van der Waals surface area (Å²) < 4.78 is 3.42. The van der Waals surface area contributed by atoms with Gasteiger partial charge in [0, 0.05) is 24.3 Å². The molecule has 146 valence electrons. The summed E-state index contributed by atoms with van der Waals surface area (Å²) in [5, 5.41) is 1.16. The van der Waals surface area contributed by atoms with Gasteiger partial charge in [-0.05, 0) is 36.6 Å². The van der Waals surface area contributed by atoms with E-state index in [0.29, 0.717) is 21.9 Å². The van der Waals surface area contributed by atoms with Crippen LogP contribution in [-0.4, -0.2) is 37.8 Å². The average Bonchev–Trinajstić information content (AvgIpc) is 3.42. The third-order valence-corrected chi connectivity index (χ3v) is 5.84. The summed E-state index contributed by atoms with van der Waals surface area (Å²) in [5.41, 5.74) is 1.76. The average molecular weight is 407 g/mol. The van der Waals surface area contributed by atoms with Gasteiger partial charge in [0.15, 0.2) is 0 Å². The van der Waals surface area contributed by atoms with Crippen LogP contribution in [0.3, 0.4) is 0 Å². The molecule has 5 rings (SSSR count). The van der Waals surface area contributed by atoms with Crippen molar-refractivity contribution in [3.63, 3.8) is 0 Å². The molecule has 0 saturated carbocycles. The van der Waals surface area contributed by atoms with Gasteiger partial charge in [0.05, 0.1) is 17.4 Å². The highest BCUT2D eigenvalue weighted by Crippen LogP contribution is 2.20. The van der Waals surface area contributed by atoms with Crippen LogP contribution in [0.15, 0.2) is 59.5 Å². The van der Waals surface area contributed by atoms with Crippen LogP contribution in [0, 0.1) is 0 Å². The van der Waals surface area contributed by atoms with Gasteiger partial charge in [-0.3, -0.25) is 18.6 Å². The number of benzene rings is 2. The Balaban J connectivity index is 1.74. The summed E-state index contributed by atoms with van der Waals surface area (Å²) in [6.07, 6.45) is 3.76. The molecular weight excluding hydrogens is 388 g/mol. The maximum atomic E-state index is 13.3. The Morgan fingerprint density at radius 3 is 2.55 bits per heavy atom. The van der Waals surface area contributed by atoms with E-state index in [9.17, 15) is 9.59 Å². The first-order valence-electron chi connectivity index (χ1n) is 9.67. The molecule has 3 heterocycles. The Morgan fingerprint density at radius 1 is 1.03 bits per heavy atom. The summed E-state index contributed by atoms with van der Waals surface area (Å²) in [5.74, 6) is 0.350. The molecule has 0 unspecified atom stereocenters. The van der Waals surface area contributed by atoms with Crippen LogP contribution in [0.4, 0.5) is 0 Å². The van der Waals surface area contributed by atoms with Crippen molar-refractivity contribution in [3.05, 3.63) is 81.4 Å². The fourth-order valence-electron chi connectivity index (χ4n) is 3.96. The summed E-state index contributed by atoms with van der Waals surface area (Å²) in [4.78, 5) is 32.6. The van der Waals surface area contributed by atoms with Gasteiger partial charge in [-0.2, -0.15) is 0 Å². The van der Waals surface area contributed by atoms with Crippen LogP contribution >= 0.6 is 11.6 Å². The smallest absolute Gasteiger partial charge is 0.274 e. The van der Waals surface area contributed by atoms with Gasteiger partial charge in [0.2, 0.25) is 5.78 Å². The monoisotopic (exact) mass is 406 g/mol. The van der Waals surface area contributed by atoms with Crippen molar-refractivity contribution in [2.24, 2.45) is 0 Å². The molecule has 1 fully saturated rings. The molecule has 4 aromatic rings. The standard InChI is InChI=1S/C22H19ClN4O2/c23-17-9-3-1-7-15(17)13-27-20(28)16-8-2-4-10-19(16)26-14-18(24-22(26)27)21(29)25-11-5-6-12-25/h1-4,7-10,14H,5-6,11-13H2. The quantitative estimate of drug-likeness (QED) is 0.522. The van der Waals surface area contributed by atoms with Gasteiger partial charge >= 0.3 is 0 Å². The minimum Gasteiger partial charge on any atom is -0.337 e. The van der Waals surface area contributed by atoms with Gasteiger partial charge in [-0.25, -0.2) is 4.98 Å². The second-order valence-corrected chi connectivity index (χ2v) is 7.70. The molecule has 2 aromatic heterocycles. The molecule has 0 spiro atoms. The van der Waals surface area contributed by atoms with Crippen LogP contribution in [0.2, 0.25) is 5.02 Å². The Kier molecular flexibility index (Phi) is 4.36. The molecule has 6 nitrogen and oxygen atoms in total. The number of aromatic nitrogens is 3. The Labute approximate surface area is 172 Å². The van der Waals surface area contributed by atoms with Crippen molar-refractivity contribution in [1.29, 1.82) is 0 Å². The van der Waals surface area contributed by atoms with Gasteiger partial charge in [0.25, 0.3) is 11.5 Å². The van der Waals surface area contributed by atoms with Gasteiger partial charge in [-0.15, -0.1) is 0 Å². The number of amides is 1. The van der Waals surface area contributed by atoms with E-state index in [1.54, 1.807) is 22.9 Å². The first-order chi connectivity index (χ1) is 14.1. The van der Waals surface area contributed by atoms with Crippen molar-refractivity contribution in [3.8, 4) is 0 Å². The fourth-order valence-corrected chi connectivity index (χ4v) is 4.16. The molecular formula is C22H19ClN4O2. The van der Waals surface area contributed by atoms with Crippen LogP contribution in [0.5, 0.6) is 0 Å². The fraction of sp³-hybridized carbons (Fsp3) is 0.227. The van der Waals surface area contributed by atoms with E-state index in [-0.39, 0.29) is 18.0 Å². The SMILES string of the molecule is O=C(c1cn2c3ccccc3c(=O)n(Cc3ccccc3Cl)c2n1)N1CCCC1. The molecule has 1 amide bonds. The predicted octanol–water partition coefficient (Wildman–Crippen LogP) is 3.59. The van der Waals surface area contributed by atoms with Crippen LogP contribution in [0.25, 0.3) is 16.7 Å². The van der Waals surface area contributed by atoms with E-state index in [2.05, 4.69) is 4.98 Å². The lowest BCUT2D eigenvalue weighted by molar-refractivity contribution is 0.0787. The predicted molar refractivity (Wildman–Crippen MR) is 113 cm³/mol. The number of likely N-dealkylation sites (tertiary alicyclic amines) is 1. The summed E-state index contributed by atoms with van der Waals surface area (Å²) in [6.45, 7) is 1.78. The van der Waals surface area contributed by atoms with E-state index in [4.69, 9.17) is 11.6 Å². The van der Waals surface area contributed by atoms with Crippen molar-refractivity contribution in [2.75, 3.05) is 13.1 Å². The highest BCUT2D eigenvalue weighted by Gasteiger charge is 2.23. The van der Waals surface area contributed by atoms with E-state index in [1.165, 1.54) is 0 Å². The number of carbonyl (C=O) groups is 1. The van der Waals surface area contributed by atoms with Crippen molar-refractivity contribution >= 4 is 34.2 Å². The molecule has 1 aliphatic heterocycles. The number of rotatable bonds is 3. The summed E-state index contributed by atoms with van der Waals surface area (Å²) in [6, 6.07) is 14.8. The molecule has 29 heavy (non-hydrogen) atoms. The van der Waals surface area contributed by atoms with Crippen molar-refractivity contribution in [1.82, 2.24) is 18.9 Å². The molecule has 1 aliphatic rings. The second-order valence-electron chi connectivity index (χ2n) is 7.30. The number of nitrogens with zero attached hydrogens (tertiary/aromatic N) is 4. The van der Waals surface area contributed by atoms with Gasteiger partial charge < -0.3 is 4.90 Å². The highest BCUT2D eigenvalue weighted by atomic mass is 35.5. The van der Waals surface area contributed by atoms with Crippen LogP contribution in [0.1, 0.15) is 28.9 Å². The molecule has 0 aliphatic carbocycles. The van der Waals surface area contributed by atoms with E-state index in [0.717, 1.165) is 37.0 Å². The van der Waals surface area contributed by atoms with E-state index in [1.807, 2.05) is 45.7 Å². The number of hydrogen-bond acceptors (Lipinski definition) is 3. The van der Waals surface area contributed by atoms with E-state index >= 15 is 0 Å². The normalized spacial score (nSPS) is 14.2. The Morgan fingerprint density at radius 2 is 1.76 bits per heavy atom. The molecule has 2 aromatic carbocycles. The number of hydrogen-bond donors (Lipinski definition) is 0. The van der Waals surface area contributed by atoms with Crippen molar-refractivity contribution < 1.29 is 4.79 Å². The Hall–Kier alpha value is -3.12. The largest absolute Gasteiger partial charge is 0.337 e. The maximum absolute atomic E-state index is 13.3. The molecule has 1 saturated heterocycles. The number of fused-ring (bicyclic) bond motifs is 3. The zero-order valence-corrected chi connectivity index (χ0v) is 16.5. The topological polar surface area (TPSA) is 59.6 Å². The first kappa shape index (κ1) is 17.9. The molecule has 0 bridgehead atoms. The minimum atomic E-state index is -0.154. The number of carbonyl (C=O) groups excluding carboxylic acids is 1. The van der Waals surface area contributed by atoms with Gasteiger partial charge in [0.1, 0.15) is 5.69 Å². The number of halogens is 1. The third kappa shape index (κ3) is 3.00. The highest BCUT2D eigenvalue weighted by molar-refractivity contribution is 6.31. The lowest BCUT2D eigenvalue weighted by Gasteiger charge is -2.12. The molecule has 0 N–H and O–H groups in total. The van der Waals surface area contributed by atoms with E-state index < -0.39 is 0 Å². The second kappa shape index (κ2) is 7.04. The summed E-state index contributed by atoms with van der Waals surface area (Å²) >= 11 is 6.33. The summed E-state index contributed by atoms with van der Waals surface area (Å²) in [7, 11) is 0. The molecule has 7 heteroatoms. The zero-order chi connectivity index (χ0) is 20.0. The first-order valence-corrected chi connectivity index (χ1v) is 10.0. The number of imidazole rings is 1. The zero-order valence-electron chi connectivity index (χ0n) is 15.7. The van der Waals surface area contributed by atoms with Crippen molar-refractivity contribution in [2.45, 2.75) is 19.4 Å². The maximum Gasteiger partial charge on any atom is 0.274 e. The van der Waals surface area contributed by atoms with Crippen LogP contribution in [-0.2, 0) is 6.54 Å². The minimum absolute atomic E-state index is 0.0907. The number of para-hydroxylation sites is 1. The Bertz CT molecular complexity index is 1300. The molecule has 0 atom stereocenters. The van der Waals surface area contributed by atoms with Crippen LogP contribution < -0.4 is 5.56 Å². The third-order valence-electron chi connectivity index (χ3n) is 5.47. The lowest BCUT2D eigenvalue weighted by Crippen LogP contribution is -2.28. The molecule has 0 radical (unpaired) electrons.